The van der Waals surface area contributed by atoms with E-state index in [-0.39, 0.29) is 5.95 Å². The van der Waals surface area contributed by atoms with Crippen molar-refractivity contribution in [3.63, 3.8) is 0 Å². The van der Waals surface area contributed by atoms with Crippen LogP contribution in [0.2, 0.25) is 0 Å². The third-order valence-electron chi connectivity index (χ3n) is 5.09. The second kappa shape index (κ2) is 8.91. The molecule has 0 amide bonds. The van der Waals surface area contributed by atoms with Gasteiger partial charge in [-0.1, -0.05) is 41.9 Å². The highest BCUT2D eigenvalue weighted by Gasteiger charge is 2.17. The lowest BCUT2D eigenvalue weighted by atomic mass is 10.1. The molecule has 8 heteroatoms. The topological polar surface area (TPSA) is 116 Å². The Morgan fingerprint density at radius 2 is 1.83 bits per heavy atom. The molecule has 0 unspecified atom stereocenters. The van der Waals surface area contributed by atoms with Crippen molar-refractivity contribution in [1.29, 1.82) is 0 Å². The van der Waals surface area contributed by atoms with Crippen molar-refractivity contribution < 1.29 is 9.26 Å². The molecule has 3 aromatic rings. The lowest BCUT2D eigenvalue weighted by Crippen LogP contribution is -2.33. The van der Waals surface area contributed by atoms with Crippen molar-refractivity contribution in [2.75, 3.05) is 37.7 Å². The van der Waals surface area contributed by atoms with Gasteiger partial charge in [0, 0.05) is 24.6 Å². The zero-order chi connectivity index (χ0) is 20.1. The smallest absolute Gasteiger partial charge is 0.225 e. The summed E-state index contributed by atoms with van der Waals surface area (Å²) in [6.45, 7) is 3.60. The molecule has 4 rings (SSSR count). The molecule has 0 bridgehead atoms. The number of hydrogen-bond acceptors (Lipinski definition) is 8. The van der Waals surface area contributed by atoms with Crippen LogP contribution in [0, 0.1) is 0 Å². The van der Waals surface area contributed by atoms with E-state index in [9.17, 15) is 0 Å². The number of nitrogen functional groups attached to an aromatic ring is 2. The van der Waals surface area contributed by atoms with Gasteiger partial charge in [-0.3, -0.25) is 4.90 Å². The predicted octanol–water partition coefficient (Wildman–Crippen LogP) is 2.75. The van der Waals surface area contributed by atoms with Crippen LogP contribution in [0.1, 0.15) is 30.6 Å². The van der Waals surface area contributed by atoms with Crippen LogP contribution in [0.15, 0.2) is 40.9 Å². The summed E-state index contributed by atoms with van der Waals surface area (Å²) in [6.07, 6.45) is 4.18. The maximum absolute atomic E-state index is 6.12. The first-order chi connectivity index (χ1) is 14.2. The molecule has 0 aliphatic carbocycles. The highest BCUT2D eigenvalue weighted by Crippen LogP contribution is 2.27. The standard InChI is InChI=1S/C21H26N6O2/c22-19-17(13-16-14-18(26-29-16)15-7-3-1-4-8-15)20(25-21(23)24-19)28-12-11-27-9-5-2-6-10-27/h1,3-4,7-8,14H,2,5-6,9-13H2,(H4,22,23,24,25). The Hall–Kier alpha value is -3.13. The van der Waals surface area contributed by atoms with Crippen molar-refractivity contribution in [1.82, 2.24) is 20.0 Å². The van der Waals surface area contributed by atoms with Gasteiger partial charge in [0.1, 0.15) is 23.9 Å². The molecule has 152 valence electrons. The van der Waals surface area contributed by atoms with Gasteiger partial charge in [0.2, 0.25) is 11.8 Å². The fourth-order valence-electron chi connectivity index (χ4n) is 3.55. The van der Waals surface area contributed by atoms with Crippen molar-refractivity contribution in [3.8, 4) is 17.1 Å². The first-order valence-corrected chi connectivity index (χ1v) is 9.97. The predicted molar refractivity (Wildman–Crippen MR) is 111 cm³/mol. The number of nitrogens with two attached hydrogens (primary N) is 2. The SMILES string of the molecule is Nc1nc(N)c(Cc2cc(-c3ccccc3)no2)c(OCCN2CCCCC2)n1. The minimum absolute atomic E-state index is 0.0989. The van der Waals surface area contributed by atoms with Crippen molar-refractivity contribution in [3.05, 3.63) is 47.7 Å². The first-order valence-electron chi connectivity index (χ1n) is 9.97. The quantitative estimate of drug-likeness (QED) is 0.628. The van der Waals surface area contributed by atoms with Gasteiger partial charge < -0.3 is 20.7 Å². The lowest BCUT2D eigenvalue weighted by molar-refractivity contribution is 0.180. The number of likely N-dealkylation sites (tertiary alicyclic amines) is 1. The van der Waals surface area contributed by atoms with E-state index in [1.807, 2.05) is 36.4 Å². The molecule has 4 N–H and O–H groups in total. The Bertz CT molecular complexity index is 938. The van der Waals surface area contributed by atoms with Gasteiger partial charge in [0.05, 0.1) is 5.56 Å². The van der Waals surface area contributed by atoms with Crippen molar-refractivity contribution >= 4 is 11.8 Å². The van der Waals surface area contributed by atoms with Crippen LogP contribution >= 0.6 is 0 Å². The summed E-state index contributed by atoms with van der Waals surface area (Å²) in [5.74, 6) is 1.46. The Balaban J connectivity index is 1.47. The number of aromatic nitrogens is 3. The molecule has 0 atom stereocenters. The number of benzene rings is 1. The average Bonchev–Trinajstić information content (AvgIpc) is 3.21. The molecule has 1 aliphatic heterocycles. The molecule has 0 radical (unpaired) electrons. The van der Waals surface area contributed by atoms with Gasteiger partial charge in [-0.15, -0.1) is 0 Å². The highest BCUT2D eigenvalue weighted by molar-refractivity contribution is 5.59. The maximum atomic E-state index is 6.12. The second-order valence-electron chi connectivity index (χ2n) is 7.22. The minimum Gasteiger partial charge on any atom is -0.476 e. The van der Waals surface area contributed by atoms with Gasteiger partial charge in [-0.05, 0) is 25.9 Å². The normalized spacial score (nSPS) is 14.8. The van der Waals surface area contributed by atoms with Gasteiger partial charge in [0.25, 0.3) is 0 Å². The summed E-state index contributed by atoms with van der Waals surface area (Å²) in [4.78, 5) is 10.7. The lowest BCUT2D eigenvalue weighted by Gasteiger charge is -2.26. The van der Waals surface area contributed by atoms with E-state index >= 15 is 0 Å². The molecule has 1 fully saturated rings. The van der Waals surface area contributed by atoms with Crippen LogP contribution in [-0.2, 0) is 6.42 Å². The molecule has 0 saturated carbocycles. The highest BCUT2D eigenvalue weighted by atomic mass is 16.5. The second-order valence-corrected chi connectivity index (χ2v) is 7.22. The Kier molecular flexibility index (Phi) is 5.90. The number of hydrogen-bond donors (Lipinski definition) is 2. The number of anilines is 2. The third kappa shape index (κ3) is 4.83. The Morgan fingerprint density at radius 1 is 1.03 bits per heavy atom. The zero-order valence-corrected chi connectivity index (χ0v) is 16.4. The molecule has 1 aliphatic rings. The van der Waals surface area contributed by atoms with E-state index < -0.39 is 0 Å². The molecule has 29 heavy (non-hydrogen) atoms. The molecule has 8 nitrogen and oxygen atoms in total. The van der Waals surface area contributed by atoms with E-state index in [1.165, 1.54) is 19.3 Å². The van der Waals surface area contributed by atoms with Gasteiger partial charge in [-0.2, -0.15) is 9.97 Å². The van der Waals surface area contributed by atoms with Crippen molar-refractivity contribution in [2.24, 2.45) is 0 Å². The first kappa shape index (κ1) is 19.2. The van der Waals surface area contributed by atoms with E-state index in [0.717, 1.165) is 30.9 Å². The molecule has 2 aromatic heterocycles. The van der Waals surface area contributed by atoms with E-state index in [4.69, 9.17) is 20.7 Å². The maximum Gasteiger partial charge on any atom is 0.225 e. The number of nitrogens with zero attached hydrogens (tertiary/aromatic N) is 4. The molecule has 0 spiro atoms. The van der Waals surface area contributed by atoms with Gasteiger partial charge in [-0.25, -0.2) is 0 Å². The number of rotatable bonds is 7. The summed E-state index contributed by atoms with van der Waals surface area (Å²) < 4.78 is 11.5. The molecule has 3 heterocycles. The monoisotopic (exact) mass is 394 g/mol. The fourth-order valence-corrected chi connectivity index (χ4v) is 3.55. The number of ether oxygens (including phenoxy) is 1. The summed E-state index contributed by atoms with van der Waals surface area (Å²) in [5.41, 5.74) is 14.3. The third-order valence-corrected chi connectivity index (χ3v) is 5.09. The van der Waals surface area contributed by atoms with Gasteiger partial charge in [0.15, 0.2) is 0 Å². The van der Waals surface area contributed by atoms with Crippen LogP contribution in [-0.4, -0.2) is 46.3 Å². The summed E-state index contributed by atoms with van der Waals surface area (Å²) in [6, 6.07) is 11.7. The molecule has 1 aromatic carbocycles. The van der Waals surface area contributed by atoms with E-state index in [2.05, 4.69) is 20.0 Å². The molecular formula is C21H26N6O2. The van der Waals surface area contributed by atoms with E-state index in [0.29, 0.717) is 36.0 Å². The number of piperidine rings is 1. The molecular weight excluding hydrogens is 368 g/mol. The van der Waals surface area contributed by atoms with Crippen LogP contribution in [0.25, 0.3) is 11.3 Å². The average molecular weight is 394 g/mol. The van der Waals surface area contributed by atoms with Crippen LogP contribution in [0.4, 0.5) is 11.8 Å². The van der Waals surface area contributed by atoms with Crippen LogP contribution < -0.4 is 16.2 Å². The minimum atomic E-state index is 0.0989. The summed E-state index contributed by atoms with van der Waals surface area (Å²) >= 11 is 0. The van der Waals surface area contributed by atoms with Crippen LogP contribution in [0.5, 0.6) is 5.88 Å². The molecule has 1 saturated heterocycles. The van der Waals surface area contributed by atoms with E-state index in [1.54, 1.807) is 0 Å². The summed E-state index contributed by atoms with van der Waals surface area (Å²) in [7, 11) is 0. The Morgan fingerprint density at radius 3 is 2.62 bits per heavy atom. The fraction of sp³-hybridized carbons (Fsp3) is 0.381. The van der Waals surface area contributed by atoms with Crippen molar-refractivity contribution in [2.45, 2.75) is 25.7 Å². The van der Waals surface area contributed by atoms with Crippen LogP contribution in [0.3, 0.4) is 0 Å². The summed E-state index contributed by atoms with van der Waals surface area (Å²) in [5, 5.41) is 4.15. The largest absolute Gasteiger partial charge is 0.476 e. The van der Waals surface area contributed by atoms with Gasteiger partial charge >= 0.3 is 0 Å². The zero-order valence-electron chi connectivity index (χ0n) is 16.4. The Labute approximate surface area is 169 Å².